The first-order valence-corrected chi connectivity index (χ1v) is 8.67. The number of carbonyl (C=O) groups is 2. The van der Waals surface area contributed by atoms with E-state index in [2.05, 4.69) is 5.10 Å². The average molecular weight is 358 g/mol. The fourth-order valence-electron chi connectivity index (χ4n) is 3.36. The second-order valence-corrected chi connectivity index (χ2v) is 6.85. The van der Waals surface area contributed by atoms with Crippen molar-refractivity contribution >= 4 is 11.7 Å². The third-order valence-electron chi connectivity index (χ3n) is 4.72. The molecule has 1 aliphatic rings. The van der Waals surface area contributed by atoms with Gasteiger partial charge in [-0.3, -0.25) is 19.2 Å². The van der Waals surface area contributed by atoms with Crippen molar-refractivity contribution < 1.29 is 14.0 Å². The molecule has 0 spiro atoms. The van der Waals surface area contributed by atoms with Crippen molar-refractivity contribution in [3.63, 3.8) is 0 Å². The molecule has 0 radical (unpaired) electrons. The average Bonchev–Trinajstić information content (AvgIpc) is 2.93. The third-order valence-corrected chi connectivity index (χ3v) is 4.72. The van der Waals surface area contributed by atoms with E-state index in [4.69, 9.17) is 0 Å². The predicted octanol–water partition coefficient (Wildman–Crippen LogP) is 1.90. The lowest BCUT2D eigenvalue weighted by atomic mass is 10.1. The minimum Gasteiger partial charge on any atom is -0.332 e. The van der Waals surface area contributed by atoms with Crippen molar-refractivity contribution in [2.24, 2.45) is 7.05 Å². The molecular formula is C19H23FN4O2. The number of hydrogen-bond donors (Lipinski definition) is 0. The van der Waals surface area contributed by atoms with Gasteiger partial charge >= 0.3 is 0 Å². The van der Waals surface area contributed by atoms with Crippen LogP contribution in [0, 0.1) is 12.7 Å². The van der Waals surface area contributed by atoms with Gasteiger partial charge < -0.3 is 4.90 Å². The van der Waals surface area contributed by atoms with E-state index in [1.54, 1.807) is 11.7 Å². The van der Waals surface area contributed by atoms with Gasteiger partial charge in [0.05, 0.1) is 6.54 Å². The van der Waals surface area contributed by atoms with Gasteiger partial charge in [0, 0.05) is 50.0 Å². The van der Waals surface area contributed by atoms with E-state index in [0.29, 0.717) is 30.9 Å². The molecule has 0 unspecified atom stereocenters. The molecule has 7 heteroatoms. The van der Waals surface area contributed by atoms with Crippen molar-refractivity contribution in [2.45, 2.75) is 19.9 Å². The molecule has 1 fully saturated rings. The van der Waals surface area contributed by atoms with Crippen molar-refractivity contribution in [3.05, 3.63) is 53.1 Å². The van der Waals surface area contributed by atoms with E-state index in [1.807, 2.05) is 29.8 Å². The number of rotatable bonds is 4. The first-order chi connectivity index (χ1) is 12.3. The molecule has 6 nitrogen and oxygen atoms in total. The quantitative estimate of drug-likeness (QED) is 0.784. The minimum absolute atomic E-state index is 0.0151. The number of aryl methyl sites for hydroxylation is 2. The standard InChI is InChI=1S/C19H23FN4O2/c1-13-10-22(3)21-18(13)19(26)24-9-8-23(11-14(24)2)12-17(25)15-4-6-16(20)7-5-15/h4-7,10,14H,8-9,11-12H2,1-3H3/t14-/m0/s1. The lowest BCUT2D eigenvalue weighted by Gasteiger charge is -2.39. The monoisotopic (exact) mass is 358 g/mol. The molecule has 1 saturated heterocycles. The Kier molecular flexibility index (Phi) is 5.18. The van der Waals surface area contributed by atoms with Crippen LogP contribution in [0.15, 0.2) is 30.5 Å². The second-order valence-electron chi connectivity index (χ2n) is 6.85. The molecule has 0 N–H and O–H groups in total. The Morgan fingerprint density at radius 3 is 2.50 bits per heavy atom. The summed E-state index contributed by atoms with van der Waals surface area (Å²) in [7, 11) is 1.80. The van der Waals surface area contributed by atoms with Crippen LogP contribution in [0.5, 0.6) is 0 Å². The largest absolute Gasteiger partial charge is 0.332 e. The van der Waals surface area contributed by atoms with Crippen molar-refractivity contribution in [1.82, 2.24) is 19.6 Å². The van der Waals surface area contributed by atoms with Gasteiger partial charge in [-0.15, -0.1) is 0 Å². The van der Waals surface area contributed by atoms with E-state index in [9.17, 15) is 14.0 Å². The summed E-state index contributed by atoms with van der Waals surface area (Å²) in [6, 6.07) is 5.58. The lowest BCUT2D eigenvalue weighted by Crippen LogP contribution is -2.55. The summed E-state index contributed by atoms with van der Waals surface area (Å²) in [6.07, 6.45) is 1.83. The summed E-state index contributed by atoms with van der Waals surface area (Å²) in [4.78, 5) is 29.0. The maximum absolute atomic E-state index is 13.0. The van der Waals surface area contributed by atoms with Gasteiger partial charge in [0.15, 0.2) is 11.5 Å². The van der Waals surface area contributed by atoms with Gasteiger partial charge in [0.1, 0.15) is 5.82 Å². The number of ketones is 1. The lowest BCUT2D eigenvalue weighted by molar-refractivity contribution is 0.0476. The Balaban J connectivity index is 1.61. The molecule has 0 aliphatic carbocycles. The van der Waals surface area contributed by atoms with Crippen LogP contribution in [-0.4, -0.2) is 63.5 Å². The maximum atomic E-state index is 13.0. The number of amides is 1. The van der Waals surface area contributed by atoms with Crippen LogP contribution >= 0.6 is 0 Å². The molecular weight excluding hydrogens is 335 g/mol. The number of nitrogens with zero attached hydrogens (tertiary/aromatic N) is 4. The number of aromatic nitrogens is 2. The molecule has 1 aromatic carbocycles. The van der Waals surface area contributed by atoms with Crippen LogP contribution in [-0.2, 0) is 7.05 Å². The zero-order chi connectivity index (χ0) is 18.8. The summed E-state index contributed by atoms with van der Waals surface area (Å²) in [5.41, 5.74) is 1.84. The summed E-state index contributed by atoms with van der Waals surface area (Å²) in [5.74, 6) is -0.468. The molecule has 1 aliphatic heterocycles. The molecule has 1 amide bonds. The number of halogens is 1. The first-order valence-electron chi connectivity index (χ1n) is 8.67. The number of piperazine rings is 1. The van der Waals surface area contributed by atoms with Crippen LogP contribution in [0.4, 0.5) is 4.39 Å². The Morgan fingerprint density at radius 1 is 1.23 bits per heavy atom. The number of carbonyl (C=O) groups excluding carboxylic acids is 2. The molecule has 1 atom stereocenters. The Morgan fingerprint density at radius 2 is 1.92 bits per heavy atom. The fourth-order valence-corrected chi connectivity index (χ4v) is 3.36. The minimum atomic E-state index is -0.355. The van der Waals surface area contributed by atoms with E-state index >= 15 is 0 Å². The summed E-state index contributed by atoms with van der Waals surface area (Å²) < 4.78 is 14.6. The van der Waals surface area contributed by atoms with E-state index in [0.717, 1.165) is 5.56 Å². The Bertz CT molecular complexity index is 815. The molecule has 3 rings (SSSR count). The van der Waals surface area contributed by atoms with E-state index < -0.39 is 0 Å². The highest BCUT2D eigenvalue weighted by Gasteiger charge is 2.30. The van der Waals surface area contributed by atoms with Crippen LogP contribution < -0.4 is 0 Å². The molecule has 138 valence electrons. The van der Waals surface area contributed by atoms with E-state index in [1.165, 1.54) is 24.3 Å². The van der Waals surface area contributed by atoms with Crippen molar-refractivity contribution in [2.75, 3.05) is 26.2 Å². The van der Waals surface area contributed by atoms with Crippen LogP contribution in [0.1, 0.15) is 33.3 Å². The SMILES string of the molecule is Cc1cn(C)nc1C(=O)N1CCN(CC(=O)c2ccc(F)cc2)C[C@@H]1C. The van der Waals surface area contributed by atoms with Gasteiger partial charge in [-0.1, -0.05) is 0 Å². The predicted molar refractivity (Wildman–Crippen MR) is 95.6 cm³/mol. The zero-order valence-corrected chi connectivity index (χ0v) is 15.3. The van der Waals surface area contributed by atoms with Gasteiger partial charge in [-0.25, -0.2) is 4.39 Å². The highest BCUT2D eigenvalue weighted by molar-refractivity contribution is 5.97. The van der Waals surface area contributed by atoms with E-state index in [-0.39, 0.29) is 30.1 Å². The summed E-state index contributed by atoms with van der Waals surface area (Å²) in [6.45, 7) is 5.90. The smallest absolute Gasteiger partial charge is 0.274 e. The molecule has 1 aromatic heterocycles. The third kappa shape index (κ3) is 3.83. The van der Waals surface area contributed by atoms with Crippen LogP contribution in [0.25, 0.3) is 0 Å². The van der Waals surface area contributed by atoms with Gasteiger partial charge in [-0.2, -0.15) is 5.10 Å². The highest BCUT2D eigenvalue weighted by Crippen LogP contribution is 2.16. The van der Waals surface area contributed by atoms with Crippen LogP contribution in [0.2, 0.25) is 0 Å². The number of benzene rings is 1. The fraction of sp³-hybridized carbons (Fsp3) is 0.421. The highest BCUT2D eigenvalue weighted by atomic mass is 19.1. The summed E-state index contributed by atoms with van der Waals surface area (Å²) >= 11 is 0. The Hall–Kier alpha value is -2.54. The van der Waals surface area contributed by atoms with Crippen molar-refractivity contribution in [3.8, 4) is 0 Å². The normalized spacial score (nSPS) is 18.2. The zero-order valence-electron chi connectivity index (χ0n) is 15.3. The topological polar surface area (TPSA) is 58.4 Å². The Labute approximate surface area is 152 Å². The summed E-state index contributed by atoms with van der Waals surface area (Å²) in [5, 5.41) is 4.26. The number of hydrogen-bond acceptors (Lipinski definition) is 4. The molecule has 26 heavy (non-hydrogen) atoms. The molecule has 0 bridgehead atoms. The van der Waals surface area contributed by atoms with Gasteiger partial charge in [0.2, 0.25) is 0 Å². The molecule has 0 saturated carbocycles. The van der Waals surface area contributed by atoms with Gasteiger partial charge in [0.25, 0.3) is 5.91 Å². The van der Waals surface area contributed by atoms with Crippen LogP contribution in [0.3, 0.4) is 0 Å². The molecule has 2 aromatic rings. The first kappa shape index (κ1) is 18.3. The maximum Gasteiger partial charge on any atom is 0.274 e. The molecule has 2 heterocycles. The van der Waals surface area contributed by atoms with Crippen molar-refractivity contribution in [1.29, 1.82) is 0 Å². The second kappa shape index (κ2) is 7.37. The number of Topliss-reactive ketones (excluding diaryl/α,β-unsaturated/α-hetero) is 1. The van der Waals surface area contributed by atoms with Gasteiger partial charge in [-0.05, 0) is 38.1 Å².